The smallest absolute Gasteiger partial charge is 0.313 e. The second-order valence-electron chi connectivity index (χ2n) is 5.63. The summed E-state index contributed by atoms with van der Waals surface area (Å²) in [6.45, 7) is 4.98. The number of alkyl halides is 3. The molecular formula is C15H20F3N. The first-order valence-electron chi connectivity index (χ1n) is 6.76. The van der Waals surface area contributed by atoms with E-state index in [2.05, 4.69) is 12.2 Å². The Morgan fingerprint density at radius 3 is 2.53 bits per heavy atom. The Balaban J connectivity index is 2.05. The quantitative estimate of drug-likeness (QED) is 0.859. The number of hydrogen-bond donors (Lipinski definition) is 1. The van der Waals surface area contributed by atoms with Crippen molar-refractivity contribution in [2.24, 2.45) is 5.92 Å². The molecule has 2 atom stereocenters. The van der Waals surface area contributed by atoms with Crippen LogP contribution >= 0.6 is 0 Å². The predicted molar refractivity (Wildman–Crippen MR) is 70.1 cm³/mol. The number of nitrogens with one attached hydrogen (secondary N) is 1. The molecule has 1 N–H and O–H groups in total. The Morgan fingerprint density at radius 1 is 1.26 bits per heavy atom. The van der Waals surface area contributed by atoms with Crippen molar-refractivity contribution in [1.82, 2.24) is 5.32 Å². The van der Waals surface area contributed by atoms with Gasteiger partial charge in [-0.2, -0.15) is 13.2 Å². The van der Waals surface area contributed by atoms with Gasteiger partial charge in [0.2, 0.25) is 0 Å². The summed E-state index contributed by atoms with van der Waals surface area (Å²) >= 11 is 0. The van der Waals surface area contributed by atoms with Crippen LogP contribution in [0.5, 0.6) is 0 Å². The van der Waals surface area contributed by atoms with Gasteiger partial charge in [0.1, 0.15) is 0 Å². The van der Waals surface area contributed by atoms with Crippen molar-refractivity contribution in [3.63, 3.8) is 0 Å². The van der Waals surface area contributed by atoms with Crippen molar-refractivity contribution in [3.05, 3.63) is 34.9 Å². The number of halogens is 3. The molecule has 4 heteroatoms. The second-order valence-corrected chi connectivity index (χ2v) is 5.63. The maximum Gasteiger partial charge on any atom is 0.416 e. The summed E-state index contributed by atoms with van der Waals surface area (Å²) in [5, 5.41) is 3.47. The first-order valence-corrected chi connectivity index (χ1v) is 6.76. The Morgan fingerprint density at radius 2 is 2.00 bits per heavy atom. The third-order valence-electron chi connectivity index (χ3n) is 3.90. The fourth-order valence-electron chi connectivity index (χ4n) is 2.60. The molecule has 1 heterocycles. The van der Waals surface area contributed by atoms with Gasteiger partial charge in [-0.15, -0.1) is 0 Å². The van der Waals surface area contributed by atoms with Crippen LogP contribution in [0, 0.1) is 12.8 Å². The lowest BCUT2D eigenvalue weighted by molar-refractivity contribution is -0.137. The van der Waals surface area contributed by atoms with Crippen LogP contribution in [0.25, 0.3) is 0 Å². The summed E-state index contributed by atoms with van der Waals surface area (Å²) in [5.41, 5.74) is 1.19. The first kappa shape index (κ1) is 14.4. The van der Waals surface area contributed by atoms with Gasteiger partial charge in [-0.1, -0.05) is 13.0 Å². The van der Waals surface area contributed by atoms with Gasteiger partial charge in [0.05, 0.1) is 5.56 Å². The lowest BCUT2D eigenvalue weighted by atomic mass is 9.91. The highest BCUT2D eigenvalue weighted by Crippen LogP contribution is 2.31. The molecule has 0 aromatic heterocycles. The normalized spacial score (nSPS) is 24.5. The summed E-state index contributed by atoms with van der Waals surface area (Å²) in [6.07, 6.45) is -1.14. The highest BCUT2D eigenvalue weighted by molar-refractivity contribution is 5.33. The Bertz CT molecular complexity index is 432. The molecule has 0 spiro atoms. The highest BCUT2D eigenvalue weighted by Gasteiger charge is 2.30. The molecule has 1 saturated heterocycles. The van der Waals surface area contributed by atoms with E-state index in [1.54, 1.807) is 13.0 Å². The lowest BCUT2D eigenvalue weighted by Gasteiger charge is -2.28. The van der Waals surface area contributed by atoms with Gasteiger partial charge < -0.3 is 5.32 Å². The van der Waals surface area contributed by atoms with Crippen LogP contribution in [0.4, 0.5) is 13.2 Å². The molecule has 106 valence electrons. The lowest BCUT2D eigenvalue weighted by Crippen LogP contribution is -2.39. The van der Waals surface area contributed by atoms with Gasteiger partial charge in [-0.3, -0.25) is 0 Å². The summed E-state index contributed by atoms with van der Waals surface area (Å²) in [7, 11) is 0. The van der Waals surface area contributed by atoms with Crippen LogP contribution in [0.2, 0.25) is 0 Å². The van der Waals surface area contributed by atoms with Gasteiger partial charge in [-0.25, -0.2) is 0 Å². The van der Waals surface area contributed by atoms with E-state index in [-0.39, 0.29) is 0 Å². The highest BCUT2D eigenvalue weighted by atomic mass is 19.4. The van der Waals surface area contributed by atoms with Gasteiger partial charge in [0.25, 0.3) is 0 Å². The van der Waals surface area contributed by atoms with Crippen LogP contribution in [0.15, 0.2) is 18.2 Å². The van der Waals surface area contributed by atoms with Crippen LogP contribution < -0.4 is 5.32 Å². The van der Waals surface area contributed by atoms with Gasteiger partial charge in [-0.05, 0) is 61.9 Å². The van der Waals surface area contributed by atoms with Crippen molar-refractivity contribution in [2.75, 3.05) is 6.54 Å². The molecular weight excluding hydrogens is 251 g/mol. The van der Waals surface area contributed by atoms with E-state index in [1.807, 2.05) is 0 Å². The van der Waals surface area contributed by atoms with E-state index in [1.165, 1.54) is 18.6 Å². The minimum absolute atomic E-state index is 0.395. The van der Waals surface area contributed by atoms with Crippen molar-refractivity contribution in [1.29, 1.82) is 0 Å². The molecule has 1 nitrogen and oxygen atoms in total. The number of rotatable bonds is 2. The maximum atomic E-state index is 12.6. The molecule has 19 heavy (non-hydrogen) atoms. The SMILES string of the molecule is Cc1cc(C(F)(F)F)ccc1CC1CCC(C)CN1. The molecule has 1 aromatic rings. The Hall–Kier alpha value is -1.03. The Labute approximate surface area is 112 Å². The predicted octanol–water partition coefficient (Wildman–Crippen LogP) is 3.94. The fourth-order valence-corrected chi connectivity index (χ4v) is 2.60. The molecule has 1 aliphatic rings. The Kier molecular flexibility index (Phi) is 4.19. The average molecular weight is 271 g/mol. The van der Waals surface area contributed by atoms with E-state index < -0.39 is 11.7 Å². The van der Waals surface area contributed by atoms with E-state index in [0.717, 1.165) is 30.5 Å². The minimum Gasteiger partial charge on any atom is -0.313 e. The molecule has 2 rings (SSSR count). The largest absolute Gasteiger partial charge is 0.416 e. The van der Waals surface area contributed by atoms with Crippen molar-refractivity contribution in [3.8, 4) is 0 Å². The molecule has 0 saturated carbocycles. The second kappa shape index (κ2) is 5.53. The van der Waals surface area contributed by atoms with Gasteiger partial charge in [0, 0.05) is 6.04 Å². The summed E-state index contributed by atoms with van der Waals surface area (Å²) in [6, 6.07) is 4.46. The van der Waals surface area contributed by atoms with Crippen LogP contribution in [0.3, 0.4) is 0 Å². The number of aryl methyl sites for hydroxylation is 1. The minimum atomic E-state index is -4.25. The fraction of sp³-hybridized carbons (Fsp3) is 0.600. The van der Waals surface area contributed by atoms with Crippen LogP contribution in [-0.4, -0.2) is 12.6 Å². The van der Waals surface area contributed by atoms with Crippen molar-refractivity contribution >= 4 is 0 Å². The maximum absolute atomic E-state index is 12.6. The summed E-state index contributed by atoms with van der Waals surface area (Å²) < 4.78 is 37.8. The number of benzene rings is 1. The zero-order valence-electron chi connectivity index (χ0n) is 11.3. The molecule has 0 radical (unpaired) electrons. The van der Waals surface area contributed by atoms with E-state index in [4.69, 9.17) is 0 Å². The molecule has 1 aliphatic heterocycles. The topological polar surface area (TPSA) is 12.0 Å². The summed E-state index contributed by atoms with van der Waals surface area (Å²) in [4.78, 5) is 0. The van der Waals surface area contributed by atoms with E-state index in [9.17, 15) is 13.2 Å². The van der Waals surface area contributed by atoms with Crippen LogP contribution in [-0.2, 0) is 12.6 Å². The standard InChI is InChI=1S/C15H20F3N/c1-10-3-6-14(19-9-10)8-12-4-5-13(7-11(12)2)15(16,17)18/h4-5,7,10,14,19H,3,6,8-9H2,1-2H3. The monoisotopic (exact) mass is 271 g/mol. The van der Waals surface area contributed by atoms with Gasteiger partial charge >= 0.3 is 6.18 Å². The zero-order chi connectivity index (χ0) is 14.0. The number of hydrogen-bond acceptors (Lipinski definition) is 1. The molecule has 0 bridgehead atoms. The first-order chi connectivity index (χ1) is 8.86. The molecule has 0 aliphatic carbocycles. The summed E-state index contributed by atoms with van der Waals surface area (Å²) in [5.74, 6) is 0.699. The third-order valence-corrected chi connectivity index (χ3v) is 3.90. The van der Waals surface area contributed by atoms with E-state index >= 15 is 0 Å². The number of piperidine rings is 1. The van der Waals surface area contributed by atoms with Crippen molar-refractivity contribution < 1.29 is 13.2 Å². The third kappa shape index (κ3) is 3.72. The van der Waals surface area contributed by atoms with Gasteiger partial charge in [0.15, 0.2) is 0 Å². The van der Waals surface area contributed by atoms with Crippen molar-refractivity contribution in [2.45, 2.75) is 45.3 Å². The van der Waals surface area contributed by atoms with E-state index in [0.29, 0.717) is 12.0 Å². The van der Waals surface area contributed by atoms with Crippen LogP contribution in [0.1, 0.15) is 36.5 Å². The molecule has 1 aromatic carbocycles. The average Bonchev–Trinajstić information content (AvgIpc) is 2.33. The molecule has 1 fully saturated rings. The zero-order valence-corrected chi connectivity index (χ0v) is 11.3. The molecule has 0 amide bonds. The molecule has 2 unspecified atom stereocenters.